The first kappa shape index (κ1) is 16.1. The number of nitrogens with zero attached hydrogens (tertiary/aromatic N) is 2. The van der Waals surface area contributed by atoms with Crippen LogP contribution in [0.25, 0.3) is 0 Å². The Morgan fingerprint density at radius 2 is 2.24 bits per heavy atom. The van der Waals surface area contributed by atoms with E-state index in [1.807, 2.05) is 0 Å². The Kier molecular flexibility index (Phi) is 5.84. The number of nitriles is 1. The summed E-state index contributed by atoms with van der Waals surface area (Å²) in [5.41, 5.74) is 4.85. The molecule has 1 amide bonds. The lowest BCUT2D eigenvalue weighted by Crippen LogP contribution is -2.43. The molecule has 1 aromatic carbocycles. The predicted octanol–water partition coefficient (Wildman–Crippen LogP) is 0.835. The van der Waals surface area contributed by atoms with E-state index in [4.69, 9.17) is 22.2 Å². The van der Waals surface area contributed by atoms with Crippen molar-refractivity contribution in [1.29, 1.82) is 5.26 Å². The van der Waals surface area contributed by atoms with Gasteiger partial charge in [0.15, 0.2) is 5.11 Å². The number of non-ortho nitro benzene ring substituents is 1. The molecule has 0 heterocycles. The molecule has 0 radical (unpaired) electrons. The quantitative estimate of drug-likeness (QED) is 0.424. The standard InChI is InChI=1S/C11H11N5O4S/c1-20-9-6-7(16(18)19)2-3-8(9)13-11(21)15-14-10(17)4-5-12/h2-3,6H,4H2,1H3,(H,14,17)(H2,13,15,21). The number of methoxy groups -OCH3 is 1. The highest BCUT2D eigenvalue weighted by Crippen LogP contribution is 2.28. The zero-order valence-electron chi connectivity index (χ0n) is 10.9. The Morgan fingerprint density at radius 1 is 1.52 bits per heavy atom. The molecule has 9 nitrogen and oxygen atoms in total. The van der Waals surface area contributed by atoms with Crippen molar-refractivity contribution >= 4 is 34.6 Å². The molecular weight excluding hydrogens is 298 g/mol. The van der Waals surface area contributed by atoms with Gasteiger partial charge in [0, 0.05) is 6.07 Å². The van der Waals surface area contributed by atoms with Gasteiger partial charge in [0.25, 0.3) is 11.6 Å². The highest BCUT2D eigenvalue weighted by Gasteiger charge is 2.12. The number of ether oxygens (including phenoxy) is 1. The Hall–Kier alpha value is -2.93. The fourth-order valence-corrected chi connectivity index (χ4v) is 1.45. The molecule has 0 saturated heterocycles. The van der Waals surface area contributed by atoms with E-state index in [0.29, 0.717) is 5.69 Å². The molecule has 10 heteroatoms. The van der Waals surface area contributed by atoms with Gasteiger partial charge in [-0.3, -0.25) is 25.8 Å². The van der Waals surface area contributed by atoms with Crippen molar-refractivity contribution in [1.82, 2.24) is 10.9 Å². The highest BCUT2D eigenvalue weighted by atomic mass is 32.1. The van der Waals surface area contributed by atoms with E-state index >= 15 is 0 Å². The average Bonchev–Trinajstić information content (AvgIpc) is 2.45. The topological polar surface area (TPSA) is 129 Å². The number of carbonyl (C=O) groups excluding carboxylic acids is 1. The number of hydrogen-bond donors (Lipinski definition) is 3. The Bertz CT molecular complexity index is 613. The molecule has 0 aliphatic rings. The van der Waals surface area contributed by atoms with Crippen molar-refractivity contribution in [3.05, 3.63) is 28.3 Å². The zero-order chi connectivity index (χ0) is 15.8. The fraction of sp³-hybridized carbons (Fsp3) is 0.182. The van der Waals surface area contributed by atoms with Gasteiger partial charge in [0.1, 0.15) is 12.2 Å². The maximum atomic E-state index is 11.1. The number of hydrazine groups is 1. The predicted molar refractivity (Wildman–Crippen MR) is 77.4 cm³/mol. The molecule has 0 saturated carbocycles. The van der Waals surface area contributed by atoms with Crippen LogP contribution in [-0.2, 0) is 4.79 Å². The number of anilines is 1. The molecule has 0 unspecified atom stereocenters. The fourth-order valence-electron chi connectivity index (χ4n) is 1.29. The van der Waals surface area contributed by atoms with Crippen LogP contribution in [0.1, 0.15) is 6.42 Å². The van der Waals surface area contributed by atoms with Crippen molar-refractivity contribution in [2.75, 3.05) is 12.4 Å². The zero-order valence-corrected chi connectivity index (χ0v) is 11.7. The van der Waals surface area contributed by atoms with Gasteiger partial charge >= 0.3 is 0 Å². The van der Waals surface area contributed by atoms with Crippen LogP contribution in [0.4, 0.5) is 11.4 Å². The minimum atomic E-state index is -0.551. The van der Waals surface area contributed by atoms with E-state index in [1.165, 1.54) is 25.3 Å². The van der Waals surface area contributed by atoms with Gasteiger partial charge in [0.2, 0.25) is 0 Å². The summed E-state index contributed by atoms with van der Waals surface area (Å²) in [6.07, 6.45) is -0.309. The van der Waals surface area contributed by atoms with Crippen LogP contribution in [0.15, 0.2) is 18.2 Å². The number of nitrogens with one attached hydrogen (secondary N) is 3. The second-order valence-electron chi connectivity index (χ2n) is 3.60. The third kappa shape index (κ3) is 4.92. The van der Waals surface area contributed by atoms with Crippen LogP contribution in [0.5, 0.6) is 5.75 Å². The second kappa shape index (κ2) is 7.61. The van der Waals surface area contributed by atoms with Gasteiger partial charge < -0.3 is 10.1 Å². The Morgan fingerprint density at radius 3 is 2.81 bits per heavy atom. The SMILES string of the molecule is COc1cc([N+](=O)[O-])ccc1NC(=S)NNC(=O)CC#N. The molecular formula is C11H11N5O4S. The number of rotatable bonds is 4. The molecule has 0 atom stereocenters. The van der Waals surface area contributed by atoms with E-state index in [9.17, 15) is 14.9 Å². The average molecular weight is 309 g/mol. The van der Waals surface area contributed by atoms with Gasteiger partial charge in [0.05, 0.1) is 29.9 Å². The van der Waals surface area contributed by atoms with Crippen LogP contribution >= 0.6 is 12.2 Å². The summed E-state index contributed by atoms with van der Waals surface area (Å²) in [5, 5.41) is 21.7. The van der Waals surface area contributed by atoms with Gasteiger partial charge in [-0.15, -0.1) is 0 Å². The van der Waals surface area contributed by atoms with Crippen LogP contribution in [-0.4, -0.2) is 23.1 Å². The minimum absolute atomic E-state index is 0.0356. The first-order valence-corrected chi connectivity index (χ1v) is 5.94. The summed E-state index contributed by atoms with van der Waals surface area (Å²) >= 11 is 4.92. The number of thiocarbonyl (C=S) groups is 1. The molecule has 0 aliphatic carbocycles. The molecule has 0 aliphatic heterocycles. The van der Waals surface area contributed by atoms with E-state index in [1.54, 1.807) is 6.07 Å². The van der Waals surface area contributed by atoms with Gasteiger partial charge in [-0.2, -0.15) is 5.26 Å². The van der Waals surface area contributed by atoms with Crippen molar-refractivity contribution < 1.29 is 14.5 Å². The molecule has 0 aromatic heterocycles. The monoisotopic (exact) mass is 309 g/mol. The smallest absolute Gasteiger partial charge is 0.273 e. The van der Waals surface area contributed by atoms with Crippen molar-refractivity contribution in [3.8, 4) is 11.8 Å². The Balaban J connectivity index is 2.70. The van der Waals surface area contributed by atoms with Crippen LogP contribution < -0.4 is 20.9 Å². The summed E-state index contributed by atoms with van der Waals surface area (Å²) in [6.45, 7) is 0. The summed E-state index contributed by atoms with van der Waals surface area (Å²) in [6, 6.07) is 5.61. The Labute approximate surface area is 125 Å². The molecule has 0 spiro atoms. The number of carbonyl (C=O) groups is 1. The lowest BCUT2D eigenvalue weighted by atomic mass is 10.2. The van der Waals surface area contributed by atoms with Crippen LogP contribution in [0.3, 0.4) is 0 Å². The third-order valence-electron chi connectivity index (χ3n) is 2.20. The highest BCUT2D eigenvalue weighted by molar-refractivity contribution is 7.80. The molecule has 1 aromatic rings. The molecule has 0 bridgehead atoms. The largest absolute Gasteiger partial charge is 0.494 e. The molecule has 0 fully saturated rings. The molecule has 3 N–H and O–H groups in total. The molecule has 110 valence electrons. The second-order valence-corrected chi connectivity index (χ2v) is 4.01. The maximum Gasteiger partial charge on any atom is 0.273 e. The number of benzene rings is 1. The van der Waals surface area contributed by atoms with Crippen molar-refractivity contribution in [2.24, 2.45) is 0 Å². The lowest BCUT2D eigenvalue weighted by Gasteiger charge is -2.13. The van der Waals surface area contributed by atoms with E-state index in [2.05, 4.69) is 16.2 Å². The van der Waals surface area contributed by atoms with E-state index in [0.717, 1.165) is 0 Å². The minimum Gasteiger partial charge on any atom is -0.494 e. The maximum absolute atomic E-state index is 11.1. The van der Waals surface area contributed by atoms with E-state index < -0.39 is 10.8 Å². The number of nitro groups is 1. The first-order valence-electron chi connectivity index (χ1n) is 5.53. The molecule has 21 heavy (non-hydrogen) atoms. The number of nitro benzene ring substituents is 1. The van der Waals surface area contributed by atoms with Crippen molar-refractivity contribution in [2.45, 2.75) is 6.42 Å². The number of hydrogen-bond acceptors (Lipinski definition) is 6. The van der Waals surface area contributed by atoms with Crippen molar-refractivity contribution in [3.63, 3.8) is 0 Å². The first-order chi connectivity index (χ1) is 9.97. The van der Waals surface area contributed by atoms with Crippen LogP contribution in [0.2, 0.25) is 0 Å². The summed E-state index contributed by atoms with van der Waals surface area (Å²) in [7, 11) is 1.36. The van der Waals surface area contributed by atoms with Gasteiger partial charge in [-0.25, -0.2) is 0 Å². The van der Waals surface area contributed by atoms with Gasteiger partial charge in [-0.05, 0) is 18.3 Å². The van der Waals surface area contributed by atoms with Crippen LogP contribution in [0, 0.1) is 21.4 Å². The third-order valence-corrected chi connectivity index (χ3v) is 2.40. The van der Waals surface area contributed by atoms with Gasteiger partial charge in [-0.1, -0.05) is 0 Å². The summed E-state index contributed by atoms with van der Waals surface area (Å²) in [4.78, 5) is 21.2. The summed E-state index contributed by atoms with van der Waals surface area (Å²) < 4.78 is 5.02. The summed E-state index contributed by atoms with van der Waals surface area (Å²) in [5.74, 6) is -0.325. The lowest BCUT2D eigenvalue weighted by molar-refractivity contribution is -0.384. The number of amides is 1. The van der Waals surface area contributed by atoms with E-state index in [-0.39, 0.29) is 23.0 Å². The normalized spacial score (nSPS) is 9.14. The molecule has 1 rings (SSSR count).